The molecule has 0 fully saturated rings. The molecular formula is C14H17N3O2. The summed E-state index contributed by atoms with van der Waals surface area (Å²) in [5, 5.41) is 7.54. The highest BCUT2D eigenvalue weighted by atomic mass is 16.6. The second kappa shape index (κ2) is 7.31. The van der Waals surface area contributed by atoms with Crippen molar-refractivity contribution in [2.24, 2.45) is 5.16 Å². The minimum atomic E-state index is 0.423. The average molecular weight is 259 g/mol. The first-order valence-corrected chi connectivity index (χ1v) is 6.40. The van der Waals surface area contributed by atoms with Crippen LogP contribution >= 0.6 is 0 Å². The Hall–Kier alpha value is -2.17. The van der Waals surface area contributed by atoms with Crippen molar-refractivity contribution in [3.05, 3.63) is 36.2 Å². The van der Waals surface area contributed by atoms with Gasteiger partial charge in [-0.25, -0.2) is 0 Å². The summed E-state index contributed by atoms with van der Waals surface area (Å²) in [6.45, 7) is 2.57. The highest BCUT2D eigenvalue weighted by Gasteiger charge is 2.03. The Labute approximate surface area is 112 Å². The molecule has 0 radical (unpaired) electrons. The van der Waals surface area contributed by atoms with Crippen LogP contribution in [0.1, 0.15) is 31.7 Å². The number of hydrogen-bond donors (Lipinski definition) is 0. The van der Waals surface area contributed by atoms with Gasteiger partial charge in [0.05, 0.1) is 6.20 Å². The Morgan fingerprint density at radius 2 is 2.32 bits per heavy atom. The molecular weight excluding hydrogens is 242 g/mol. The van der Waals surface area contributed by atoms with Gasteiger partial charge in [0.25, 0.3) is 0 Å². The van der Waals surface area contributed by atoms with Gasteiger partial charge in [0.2, 0.25) is 0 Å². The fraction of sp³-hybridized carbons (Fsp3) is 0.357. The van der Waals surface area contributed by atoms with Gasteiger partial charge < -0.3 is 9.36 Å². The molecule has 0 saturated carbocycles. The largest absolute Gasteiger partial charge is 0.391 e. The highest BCUT2D eigenvalue weighted by molar-refractivity contribution is 5.56. The second-order valence-electron chi connectivity index (χ2n) is 4.13. The number of aromatic nitrogens is 2. The third kappa shape index (κ3) is 4.21. The van der Waals surface area contributed by atoms with Gasteiger partial charge in [0.1, 0.15) is 12.3 Å². The summed E-state index contributed by atoms with van der Waals surface area (Å²) in [7, 11) is 0. The maximum absolute atomic E-state index is 5.19. The van der Waals surface area contributed by atoms with Crippen LogP contribution in [0.3, 0.4) is 0 Å². The monoisotopic (exact) mass is 259 g/mol. The molecule has 19 heavy (non-hydrogen) atoms. The van der Waals surface area contributed by atoms with E-state index in [-0.39, 0.29) is 0 Å². The summed E-state index contributed by atoms with van der Waals surface area (Å²) >= 11 is 0. The SMILES string of the molecule is CCCCC=NOCc1ccc(-c2ccno2)nc1. The van der Waals surface area contributed by atoms with Crippen molar-refractivity contribution in [2.45, 2.75) is 32.8 Å². The smallest absolute Gasteiger partial charge is 0.185 e. The van der Waals surface area contributed by atoms with Gasteiger partial charge in [0, 0.05) is 24.0 Å². The van der Waals surface area contributed by atoms with Crippen LogP contribution in [-0.2, 0) is 11.4 Å². The molecule has 0 aliphatic rings. The van der Waals surface area contributed by atoms with Crippen LogP contribution in [0.2, 0.25) is 0 Å². The molecule has 2 aromatic heterocycles. The highest BCUT2D eigenvalue weighted by Crippen LogP contribution is 2.15. The molecule has 0 bridgehead atoms. The Balaban J connectivity index is 1.81. The molecule has 0 aliphatic heterocycles. The van der Waals surface area contributed by atoms with Crippen LogP contribution in [0, 0.1) is 0 Å². The van der Waals surface area contributed by atoms with E-state index in [0.717, 1.165) is 24.1 Å². The number of unbranched alkanes of at least 4 members (excludes halogenated alkanes) is 2. The van der Waals surface area contributed by atoms with Crippen molar-refractivity contribution in [1.29, 1.82) is 0 Å². The molecule has 2 aromatic rings. The Kier molecular flexibility index (Phi) is 5.10. The van der Waals surface area contributed by atoms with Crippen LogP contribution in [0.4, 0.5) is 0 Å². The predicted molar refractivity (Wildman–Crippen MR) is 72.5 cm³/mol. The van der Waals surface area contributed by atoms with Gasteiger partial charge >= 0.3 is 0 Å². The van der Waals surface area contributed by atoms with Gasteiger partial charge in [-0.05, 0) is 18.9 Å². The minimum Gasteiger partial charge on any atom is -0.391 e. The van der Waals surface area contributed by atoms with E-state index in [4.69, 9.17) is 9.36 Å². The first kappa shape index (κ1) is 13.3. The third-order valence-electron chi connectivity index (χ3n) is 2.58. The molecule has 0 amide bonds. The Bertz CT molecular complexity index is 492. The Morgan fingerprint density at radius 3 is 3.00 bits per heavy atom. The standard InChI is InChI=1S/C14H17N3O2/c1-2-3-4-8-16-18-11-12-5-6-13(15-10-12)14-7-9-17-19-14/h5-10H,2-4,11H2,1H3. The summed E-state index contributed by atoms with van der Waals surface area (Å²) in [4.78, 5) is 9.47. The molecule has 100 valence electrons. The molecule has 0 unspecified atom stereocenters. The van der Waals surface area contributed by atoms with Crippen molar-refractivity contribution in [3.8, 4) is 11.5 Å². The average Bonchev–Trinajstić information content (AvgIpc) is 2.97. The lowest BCUT2D eigenvalue weighted by atomic mass is 10.2. The lowest BCUT2D eigenvalue weighted by molar-refractivity contribution is 0.131. The maximum Gasteiger partial charge on any atom is 0.185 e. The van der Waals surface area contributed by atoms with Crippen LogP contribution in [0.15, 0.2) is 40.3 Å². The lowest BCUT2D eigenvalue weighted by Gasteiger charge is -2.00. The van der Waals surface area contributed by atoms with Crippen molar-refractivity contribution in [2.75, 3.05) is 0 Å². The van der Waals surface area contributed by atoms with E-state index >= 15 is 0 Å². The summed E-state index contributed by atoms with van der Waals surface area (Å²) < 4.78 is 5.03. The van der Waals surface area contributed by atoms with Crippen molar-refractivity contribution >= 4 is 6.21 Å². The topological polar surface area (TPSA) is 60.5 Å². The minimum absolute atomic E-state index is 0.423. The van der Waals surface area contributed by atoms with E-state index in [9.17, 15) is 0 Å². The van der Waals surface area contributed by atoms with Crippen molar-refractivity contribution in [3.63, 3.8) is 0 Å². The zero-order chi connectivity index (χ0) is 13.3. The molecule has 2 rings (SSSR count). The summed E-state index contributed by atoms with van der Waals surface area (Å²) in [5.41, 5.74) is 1.73. The van der Waals surface area contributed by atoms with Gasteiger partial charge in [0.15, 0.2) is 5.76 Å². The summed E-state index contributed by atoms with van der Waals surface area (Å²) in [6, 6.07) is 5.59. The van der Waals surface area contributed by atoms with Gasteiger partial charge in [-0.3, -0.25) is 4.98 Å². The van der Waals surface area contributed by atoms with Crippen LogP contribution in [-0.4, -0.2) is 16.4 Å². The number of rotatable bonds is 7. The second-order valence-corrected chi connectivity index (χ2v) is 4.13. The fourth-order valence-corrected chi connectivity index (χ4v) is 1.52. The van der Waals surface area contributed by atoms with Crippen LogP contribution < -0.4 is 0 Å². The number of oxime groups is 1. The predicted octanol–water partition coefficient (Wildman–Crippen LogP) is 3.43. The number of pyridine rings is 1. The van der Waals surface area contributed by atoms with Crippen LogP contribution in [0.25, 0.3) is 11.5 Å². The van der Waals surface area contributed by atoms with Crippen molar-refractivity contribution < 1.29 is 9.36 Å². The number of hydrogen-bond acceptors (Lipinski definition) is 5. The molecule has 0 atom stereocenters. The molecule has 0 saturated heterocycles. The lowest BCUT2D eigenvalue weighted by Crippen LogP contribution is -1.90. The van der Waals surface area contributed by atoms with Gasteiger partial charge in [-0.15, -0.1) is 0 Å². The van der Waals surface area contributed by atoms with E-state index in [2.05, 4.69) is 22.2 Å². The zero-order valence-corrected chi connectivity index (χ0v) is 11.0. The number of nitrogens with zero attached hydrogens (tertiary/aromatic N) is 3. The first-order valence-electron chi connectivity index (χ1n) is 6.40. The first-order chi connectivity index (χ1) is 9.40. The van der Waals surface area contributed by atoms with Gasteiger partial charge in [-0.2, -0.15) is 0 Å². The quantitative estimate of drug-likeness (QED) is 0.434. The van der Waals surface area contributed by atoms with Gasteiger partial charge in [-0.1, -0.05) is 29.7 Å². The molecule has 0 aliphatic carbocycles. The molecule has 5 heteroatoms. The van der Waals surface area contributed by atoms with Crippen molar-refractivity contribution in [1.82, 2.24) is 10.1 Å². The van der Waals surface area contributed by atoms with E-state index in [0.29, 0.717) is 12.4 Å². The van der Waals surface area contributed by atoms with E-state index < -0.39 is 0 Å². The summed E-state index contributed by atoms with van der Waals surface area (Å²) in [5.74, 6) is 0.657. The third-order valence-corrected chi connectivity index (χ3v) is 2.58. The zero-order valence-electron chi connectivity index (χ0n) is 11.0. The molecule has 0 N–H and O–H groups in total. The molecule has 2 heterocycles. The molecule has 5 nitrogen and oxygen atoms in total. The van der Waals surface area contributed by atoms with Crippen LogP contribution in [0.5, 0.6) is 0 Å². The van der Waals surface area contributed by atoms with E-state index in [1.807, 2.05) is 12.1 Å². The normalized spacial score (nSPS) is 11.0. The molecule has 0 spiro atoms. The van der Waals surface area contributed by atoms with E-state index in [1.54, 1.807) is 24.7 Å². The fourth-order valence-electron chi connectivity index (χ4n) is 1.52. The molecule has 0 aromatic carbocycles. The Morgan fingerprint density at radius 1 is 1.37 bits per heavy atom. The maximum atomic E-state index is 5.19. The summed E-state index contributed by atoms with van der Waals surface area (Å²) in [6.07, 6.45) is 8.41. The van der Waals surface area contributed by atoms with E-state index in [1.165, 1.54) is 6.42 Å².